The molecule has 2 amide bonds. The first-order valence-electron chi connectivity index (χ1n) is 13.8. The van der Waals surface area contributed by atoms with E-state index >= 15 is 0 Å². The summed E-state index contributed by atoms with van der Waals surface area (Å²) in [6.07, 6.45) is -3.68. The van der Waals surface area contributed by atoms with E-state index in [-0.39, 0.29) is 62.8 Å². The molecule has 3 heterocycles. The molecule has 4 N–H and O–H groups in total. The summed E-state index contributed by atoms with van der Waals surface area (Å²) in [7, 11) is 0. The number of hydrogen-bond acceptors (Lipinski definition) is 6. The maximum Gasteiger partial charge on any atom is 0.430 e. The maximum atomic E-state index is 14.1. The van der Waals surface area contributed by atoms with Gasteiger partial charge < -0.3 is 26.0 Å². The number of nitrogens with zero attached hydrogens (tertiary/aromatic N) is 3. The molecule has 5 rings (SSSR count). The molecule has 0 radical (unpaired) electrons. The third-order valence-electron chi connectivity index (χ3n) is 8.32. The summed E-state index contributed by atoms with van der Waals surface area (Å²) in [6, 6.07) is 6.40. The second-order valence-corrected chi connectivity index (χ2v) is 13.0. The van der Waals surface area contributed by atoms with Crippen molar-refractivity contribution >= 4 is 63.9 Å². The zero-order valence-electron chi connectivity index (χ0n) is 22.8. The average molecular weight is 683 g/mol. The Hall–Kier alpha value is -1.99. The van der Waals surface area contributed by atoms with Gasteiger partial charge in [0.2, 0.25) is 0 Å². The summed E-state index contributed by atoms with van der Waals surface area (Å²) >= 11 is 24.6. The van der Waals surface area contributed by atoms with Crippen molar-refractivity contribution in [3.63, 3.8) is 0 Å². The zero-order chi connectivity index (χ0) is 31.3. The average Bonchev–Trinajstić information content (AvgIpc) is 3.34. The molecule has 0 aromatic heterocycles. The Bertz CT molecular complexity index is 1360. The van der Waals surface area contributed by atoms with Gasteiger partial charge in [-0.2, -0.15) is 13.2 Å². The summed E-state index contributed by atoms with van der Waals surface area (Å²) in [5.74, 6) is -1.71. The van der Waals surface area contributed by atoms with E-state index in [9.17, 15) is 27.9 Å². The van der Waals surface area contributed by atoms with Crippen molar-refractivity contribution in [2.75, 3.05) is 44.6 Å². The van der Waals surface area contributed by atoms with Gasteiger partial charge in [-0.3, -0.25) is 14.5 Å². The SMILES string of the molecule is NC1CCN(C(=O)c2c(Cl)cc(NC3CN(C4CCN(C(=O)[C@@](O)(c5cc(Cl)cc(Cl)c5)C(F)(F)F)CC4)C3)cc2Cl)C1. The van der Waals surface area contributed by atoms with E-state index in [1.54, 1.807) is 17.0 Å². The predicted octanol–water partition coefficient (Wildman–Crippen LogP) is 5.01. The van der Waals surface area contributed by atoms with Gasteiger partial charge in [-0.15, -0.1) is 0 Å². The van der Waals surface area contributed by atoms with Crippen molar-refractivity contribution in [1.82, 2.24) is 14.7 Å². The molecule has 15 heteroatoms. The lowest BCUT2D eigenvalue weighted by molar-refractivity contribution is -0.262. The van der Waals surface area contributed by atoms with Crippen LogP contribution in [-0.2, 0) is 10.4 Å². The summed E-state index contributed by atoms with van der Waals surface area (Å²) < 4.78 is 42.3. The highest BCUT2D eigenvalue weighted by Gasteiger charge is 2.62. The minimum atomic E-state index is -5.29. The minimum absolute atomic E-state index is 0.0490. The summed E-state index contributed by atoms with van der Waals surface area (Å²) in [5, 5.41) is 14.3. The molecule has 3 saturated heterocycles. The van der Waals surface area contributed by atoms with Gasteiger partial charge >= 0.3 is 6.18 Å². The van der Waals surface area contributed by atoms with Crippen LogP contribution in [0.1, 0.15) is 35.2 Å². The fraction of sp³-hybridized carbons (Fsp3) is 0.500. The normalized spacial score (nSPS) is 21.9. The van der Waals surface area contributed by atoms with E-state index in [2.05, 4.69) is 10.2 Å². The van der Waals surface area contributed by atoms with Gasteiger partial charge in [0.15, 0.2) is 0 Å². The molecule has 43 heavy (non-hydrogen) atoms. The van der Waals surface area contributed by atoms with Crippen molar-refractivity contribution in [1.29, 1.82) is 0 Å². The lowest BCUT2D eigenvalue weighted by atomic mass is 9.89. The third-order valence-corrected chi connectivity index (χ3v) is 9.35. The molecule has 3 aliphatic rings. The molecular formula is C28H30Cl4F3N5O3. The number of carbonyl (C=O) groups excluding carboxylic acids is 2. The Morgan fingerprint density at radius 3 is 1.93 bits per heavy atom. The summed E-state index contributed by atoms with van der Waals surface area (Å²) in [6.45, 7) is 2.43. The molecule has 2 aromatic carbocycles. The van der Waals surface area contributed by atoms with E-state index in [4.69, 9.17) is 52.1 Å². The number of anilines is 1. The van der Waals surface area contributed by atoms with Crippen LogP contribution in [-0.4, -0.2) is 95.2 Å². The number of piperidine rings is 1. The van der Waals surface area contributed by atoms with Crippen molar-refractivity contribution in [2.24, 2.45) is 5.73 Å². The molecule has 3 aliphatic heterocycles. The first-order chi connectivity index (χ1) is 20.2. The number of amides is 2. The number of alkyl halides is 3. The molecule has 8 nitrogen and oxygen atoms in total. The largest absolute Gasteiger partial charge is 0.430 e. The highest BCUT2D eigenvalue weighted by atomic mass is 35.5. The quantitative estimate of drug-likeness (QED) is 0.396. The molecule has 0 saturated carbocycles. The molecule has 0 bridgehead atoms. The van der Waals surface area contributed by atoms with E-state index in [1.165, 1.54) is 6.07 Å². The fourth-order valence-corrected chi connectivity index (χ4v) is 7.14. The lowest BCUT2D eigenvalue weighted by Gasteiger charge is -2.48. The van der Waals surface area contributed by atoms with Crippen molar-refractivity contribution in [3.05, 3.63) is 61.5 Å². The van der Waals surface area contributed by atoms with Crippen molar-refractivity contribution in [2.45, 2.75) is 49.2 Å². The molecule has 2 aromatic rings. The van der Waals surface area contributed by atoms with Gasteiger partial charge in [-0.05, 0) is 49.6 Å². The van der Waals surface area contributed by atoms with Crippen LogP contribution in [0, 0.1) is 0 Å². The molecular weight excluding hydrogens is 653 g/mol. The van der Waals surface area contributed by atoms with E-state index in [0.717, 1.165) is 23.5 Å². The molecule has 3 fully saturated rings. The Balaban J connectivity index is 1.16. The van der Waals surface area contributed by atoms with Crippen LogP contribution < -0.4 is 11.1 Å². The van der Waals surface area contributed by atoms with Gasteiger partial charge in [0.1, 0.15) is 0 Å². The Kier molecular flexibility index (Phi) is 9.36. The van der Waals surface area contributed by atoms with Gasteiger partial charge in [0.25, 0.3) is 17.4 Å². The number of nitrogens with two attached hydrogens (primary N) is 1. The number of aliphatic hydroxyl groups is 1. The topological polar surface area (TPSA) is 102 Å². The molecule has 1 unspecified atom stereocenters. The van der Waals surface area contributed by atoms with E-state index in [1.807, 2.05) is 0 Å². The van der Waals surface area contributed by atoms with Crippen LogP contribution >= 0.6 is 46.4 Å². The first-order valence-corrected chi connectivity index (χ1v) is 15.3. The standard InChI is InChI=1S/C28H30Cl4F3N5O3/c29-16-7-15(8-17(30)9-16)27(43,28(33,34)35)26(42)38-5-2-21(3-6-38)40-13-20(14-40)37-19-10-22(31)24(23(32)11-19)25(41)39-4-1-18(36)12-39/h7-11,18,20-21,37,43H,1-6,12-14,36H2/t18?,27-/m0/s1. The van der Waals surface area contributed by atoms with Gasteiger partial charge in [-0.25, -0.2) is 0 Å². The molecule has 0 spiro atoms. The van der Waals surface area contributed by atoms with Crippen molar-refractivity contribution in [3.8, 4) is 0 Å². The van der Waals surface area contributed by atoms with E-state index < -0.39 is 23.2 Å². The fourth-order valence-electron chi connectivity index (χ4n) is 5.96. The number of nitrogens with one attached hydrogen (secondary N) is 1. The number of carbonyl (C=O) groups is 2. The highest BCUT2D eigenvalue weighted by molar-refractivity contribution is 6.40. The second kappa shape index (κ2) is 12.4. The summed E-state index contributed by atoms with van der Waals surface area (Å²) in [4.78, 5) is 30.9. The number of hydrogen-bond donors (Lipinski definition) is 3. The van der Waals surface area contributed by atoms with Crippen molar-refractivity contribution < 1.29 is 27.9 Å². The Morgan fingerprint density at radius 1 is 0.860 bits per heavy atom. The number of rotatable bonds is 6. The smallest absolute Gasteiger partial charge is 0.380 e. The highest BCUT2D eigenvalue weighted by Crippen LogP contribution is 2.43. The van der Waals surface area contributed by atoms with Crippen LogP contribution in [0.25, 0.3) is 0 Å². The van der Waals surface area contributed by atoms with Crippen LogP contribution in [0.3, 0.4) is 0 Å². The zero-order valence-corrected chi connectivity index (χ0v) is 25.8. The molecule has 2 atom stereocenters. The molecule has 0 aliphatic carbocycles. The van der Waals surface area contributed by atoms with E-state index in [0.29, 0.717) is 44.7 Å². The van der Waals surface area contributed by atoms with Crippen LogP contribution in [0.2, 0.25) is 20.1 Å². The Labute approximate surface area is 266 Å². The summed E-state index contributed by atoms with van der Waals surface area (Å²) in [5.41, 5.74) is 2.33. The predicted molar refractivity (Wildman–Crippen MR) is 160 cm³/mol. The number of benzene rings is 2. The van der Waals surface area contributed by atoms with Crippen LogP contribution in [0.5, 0.6) is 0 Å². The monoisotopic (exact) mass is 681 g/mol. The lowest BCUT2D eigenvalue weighted by Crippen LogP contribution is -2.62. The van der Waals surface area contributed by atoms with Gasteiger partial charge in [0, 0.05) is 72.6 Å². The number of halogens is 7. The third kappa shape index (κ3) is 6.54. The Morgan fingerprint density at radius 2 is 1.42 bits per heavy atom. The minimum Gasteiger partial charge on any atom is -0.380 e. The first kappa shape index (κ1) is 32.4. The van der Waals surface area contributed by atoms with Gasteiger partial charge in [0.05, 0.1) is 21.7 Å². The van der Waals surface area contributed by atoms with Gasteiger partial charge in [-0.1, -0.05) is 46.4 Å². The second-order valence-electron chi connectivity index (χ2n) is 11.3. The number of likely N-dealkylation sites (tertiary alicyclic amines) is 3. The molecule has 234 valence electrons. The maximum absolute atomic E-state index is 14.1. The van der Waals surface area contributed by atoms with Crippen LogP contribution in [0.4, 0.5) is 18.9 Å². The van der Waals surface area contributed by atoms with Crippen LogP contribution in [0.15, 0.2) is 30.3 Å².